The lowest BCUT2D eigenvalue weighted by Gasteiger charge is -2.10. The Kier molecular flexibility index (Phi) is 2.94. The molecular formula is C14H15N3O. The van der Waals surface area contributed by atoms with Crippen LogP contribution in [0.5, 0.6) is 0 Å². The van der Waals surface area contributed by atoms with Gasteiger partial charge in [-0.1, -0.05) is 18.2 Å². The van der Waals surface area contributed by atoms with E-state index in [1.807, 2.05) is 30.3 Å². The average Bonchev–Trinajstić information content (AvgIpc) is 3.10. The molecule has 0 aliphatic carbocycles. The number of benzene rings is 1. The topological polar surface area (TPSA) is 46.9 Å². The fraction of sp³-hybridized carbons (Fsp3) is 0.286. The molecule has 92 valence electrons. The molecule has 0 radical (unpaired) electrons. The zero-order valence-corrected chi connectivity index (χ0v) is 10.0. The Morgan fingerprint density at radius 3 is 2.83 bits per heavy atom. The second-order valence-electron chi connectivity index (χ2n) is 4.52. The Bertz CT molecular complexity index is 541. The number of carbonyl (C=O) groups is 1. The van der Waals surface area contributed by atoms with E-state index in [2.05, 4.69) is 10.4 Å². The summed E-state index contributed by atoms with van der Waals surface area (Å²) in [5.74, 6) is 0.269. The minimum absolute atomic E-state index is 0.0872. The molecule has 2 heterocycles. The maximum atomic E-state index is 12.4. The number of rotatable bonds is 3. The van der Waals surface area contributed by atoms with E-state index in [0.717, 1.165) is 25.2 Å². The second kappa shape index (κ2) is 4.74. The third kappa shape index (κ3) is 1.95. The van der Waals surface area contributed by atoms with E-state index in [1.54, 1.807) is 16.9 Å². The number of nitrogens with zero attached hydrogens (tertiary/aromatic N) is 2. The van der Waals surface area contributed by atoms with Gasteiger partial charge in [-0.15, -0.1) is 0 Å². The van der Waals surface area contributed by atoms with Crippen LogP contribution in [0.2, 0.25) is 0 Å². The van der Waals surface area contributed by atoms with Gasteiger partial charge in [0.25, 0.3) is 0 Å². The normalized spacial score (nSPS) is 19.0. The molecule has 1 aliphatic heterocycles. The van der Waals surface area contributed by atoms with Crippen LogP contribution in [0.3, 0.4) is 0 Å². The van der Waals surface area contributed by atoms with Crippen LogP contribution in [0.25, 0.3) is 5.69 Å². The van der Waals surface area contributed by atoms with E-state index in [-0.39, 0.29) is 11.7 Å². The number of aromatic nitrogens is 2. The number of Topliss-reactive ketones (excluding diaryl/α,β-unsaturated/α-hetero) is 1. The lowest BCUT2D eigenvalue weighted by molar-refractivity contribution is 0.0922. The molecule has 1 aromatic carbocycles. The van der Waals surface area contributed by atoms with Crippen LogP contribution in [0.1, 0.15) is 16.9 Å². The molecule has 1 N–H and O–H groups in total. The van der Waals surface area contributed by atoms with E-state index in [9.17, 15) is 4.79 Å². The molecule has 0 saturated carbocycles. The Labute approximate surface area is 106 Å². The first kappa shape index (κ1) is 11.2. The predicted octanol–water partition coefficient (Wildman–Crippen LogP) is 1.66. The summed E-state index contributed by atoms with van der Waals surface area (Å²) in [5, 5.41) is 7.48. The highest BCUT2D eigenvalue weighted by atomic mass is 16.1. The van der Waals surface area contributed by atoms with Crippen molar-refractivity contribution in [2.45, 2.75) is 6.42 Å². The largest absolute Gasteiger partial charge is 0.316 e. The van der Waals surface area contributed by atoms with Crippen molar-refractivity contribution in [1.82, 2.24) is 15.1 Å². The fourth-order valence-corrected chi connectivity index (χ4v) is 2.35. The van der Waals surface area contributed by atoms with Crippen molar-refractivity contribution in [3.63, 3.8) is 0 Å². The molecule has 0 spiro atoms. The molecular weight excluding hydrogens is 226 g/mol. The van der Waals surface area contributed by atoms with Crippen LogP contribution in [-0.2, 0) is 0 Å². The van der Waals surface area contributed by atoms with Crippen LogP contribution >= 0.6 is 0 Å². The Morgan fingerprint density at radius 2 is 2.11 bits per heavy atom. The van der Waals surface area contributed by atoms with Crippen molar-refractivity contribution in [1.29, 1.82) is 0 Å². The molecule has 18 heavy (non-hydrogen) atoms. The summed E-state index contributed by atoms with van der Waals surface area (Å²) < 4.78 is 1.72. The van der Waals surface area contributed by atoms with Gasteiger partial charge in [0.2, 0.25) is 0 Å². The van der Waals surface area contributed by atoms with E-state index in [4.69, 9.17) is 0 Å². The molecule has 1 unspecified atom stereocenters. The zero-order valence-electron chi connectivity index (χ0n) is 10.0. The van der Waals surface area contributed by atoms with Crippen LogP contribution in [0.15, 0.2) is 42.6 Å². The molecule has 4 heteroatoms. The molecule has 1 saturated heterocycles. The van der Waals surface area contributed by atoms with Gasteiger partial charge in [-0.25, -0.2) is 4.68 Å². The van der Waals surface area contributed by atoms with Crippen LogP contribution in [0.4, 0.5) is 0 Å². The summed E-state index contributed by atoms with van der Waals surface area (Å²) in [7, 11) is 0. The number of ketones is 1. The fourth-order valence-electron chi connectivity index (χ4n) is 2.35. The van der Waals surface area contributed by atoms with Gasteiger partial charge < -0.3 is 5.32 Å². The summed E-state index contributed by atoms with van der Waals surface area (Å²) >= 11 is 0. The van der Waals surface area contributed by atoms with Gasteiger partial charge in [0.05, 0.1) is 11.9 Å². The SMILES string of the molecule is O=C(c1ccnn1-c1ccccc1)C1CCNC1. The Balaban J connectivity index is 1.94. The summed E-state index contributed by atoms with van der Waals surface area (Å²) in [6.07, 6.45) is 2.60. The van der Waals surface area contributed by atoms with Gasteiger partial charge in [0, 0.05) is 12.5 Å². The van der Waals surface area contributed by atoms with Crippen molar-refractivity contribution in [2.24, 2.45) is 5.92 Å². The van der Waals surface area contributed by atoms with Gasteiger partial charge >= 0.3 is 0 Å². The standard InChI is InChI=1S/C14H15N3O/c18-14(11-6-8-15-10-11)13-7-9-16-17(13)12-4-2-1-3-5-12/h1-5,7,9,11,15H,6,8,10H2. The van der Waals surface area contributed by atoms with Crippen molar-refractivity contribution >= 4 is 5.78 Å². The lowest BCUT2D eigenvalue weighted by atomic mass is 10.0. The molecule has 1 fully saturated rings. The van der Waals surface area contributed by atoms with Gasteiger partial charge in [-0.2, -0.15) is 5.10 Å². The van der Waals surface area contributed by atoms with E-state index >= 15 is 0 Å². The highest BCUT2D eigenvalue weighted by Crippen LogP contribution is 2.17. The van der Waals surface area contributed by atoms with Gasteiger partial charge in [0.15, 0.2) is 5.78 Å². The molecule has 0 amide bonds. The van der Waals surface area contributed by atoms with Crippen LogP contribution in [-0.4, -0.2) is 28.7 Å². The summed E-state index contributed by atoms with van der Waals surface area (Å²) in [4.78, 5) is 12.4. The Hall–Kier alpha value is -1.94. The van der Waals surface area contributed by atoms with Gasteiger partial charge in [-0.05, 0) is 31.2 Å². The minimum Gasteiger partial charge on any atom is -0.316 e. The van der Waals surface area contributed by atoms with E-state index in [0.29, 0.717) is 5.69 Å². The molecule has 1 aromatic heterocycles. The molecule has 0 bridgehead atoms. The summed E-state index contributed by atoms with van der Waals surface area (Å²) in [6, 6.07) is 11.6. The van der Waals surface area contributed by atoms with Crippen LogP contribution in [0, 0.1) is 5.92 Å². The number of nitrogens with one attached hydrogen (secondary N) is 1. The maximum Gasteiger partial charge on any atom is 0.185 e. The number of carbonyl (C=O) groups excluding carboxylic acids is 1. The van der Waals surface area contributed by atoms with E-state index < -0.39 is 0 Å². The highest BCUT2D eigenvalue weighted by molar-refractivity contribution is 5.97. The number of para-hydroxylation sites is 1. The molecule has 1 atom stereocenters. The van der Waals surface area contributed by atoms with Crippen LogP contribution < -0.4 is 5.32 Å². The number of hydrogen-bond donors (Lipinski definition) is 1. The lowest BCUT2D eigenvalue weighted by Crippen LogP contribution is -2.20. The third-order valence-corrected chi connectivity index (χ3v) is 3.33. The molecule has 3 rings (SSSR count). The molecule has 2 aromatic rings. The third-order valence-electron chi connectivity index (χ3n) is 3.33. The second-order valence-corrected chi connectivity index (χ2v) is 4.52. The first-order chi connectivity index (χ1) is 8.86. The van der Waals surface area contributed by atoms with Crippen molar-refractivity contribution in [3.8, 4) is 5.69 Å². The predicted molar refractivity (Wildman–Crippen MR) is 68.9 cm³/mol. The van der Waals surface area contributed by atoms with E-state index in [1.165, 1.54) is 0 Å². The minimum atomic E-state index is 0.0872. The summed E-state index contributed by atoms with van der Waals surface area (Å²) in [6.45, 7) is 1.70. The van der Waals surface area contributed by atoms with Crippen molar-refractivity contribution in [3.05, 3.63) is 48.3 Å². The average molecular weight is 241 g/mol. The Morgan fingerprint density at radius 1 is 1.28 bits per heavy atom. The molecule has 1 aliphatic rings. The zero-order chi connectivity index (χ0) is 12.4. The number of hydrogen-bond acceptors (Lipinski definition) is 3. The first-order valence-electron chi connectivity index (χ1n) is 6.20. The smallest absolute Gasteiger partial charge is 0.185 e. The highest BCUT2D eigenvalue weighted by Gasteiger charge is 2.26. The maximum absolute atomic E-state index is 12.4. The molecule has 4 nitrogen and oxygen atoms in total. The quantitative estimate of drug-likeness (QED) is 0.831. The monoisotopic (exact) mass is 241 g/mol. The van der Waals surface area contributed by atoms with Gasteiger partial charge in [0.1, 0.15) is 5.69 Å². The van der Waals surface area contributed by atoms with Gasteiger partial charge in [-0.3, -0.25) is 4.79 Å². The van der Waals surface area contributed by atoms with Crippen molar-refractivity contribution in [2.75, 3.05) is 13.1 Å². The first-order valence-corrected chi connectivity index (χ1v) is 6.20. The summed E-state index contributed by atoms with van der Waals surface area (Å²) in [5.41, 5.74) is 1.60. The van der Waals surface area contributed by atoms with Crippen molar-refractivity contribution < 1.29 is 4.79 Å².